The Morgan fingerprint density at radius 3 is 2.07 bits per heavy atom. The van der Waals surface area contributed by atoms with Crippen molar-refractivity contribution < 1.29 is 9.90 Å². The van der Waals surface area contributed by atoms with Crippen molar-refractivity contribution in [1.82, 2.24) is 5.32 Å². The van der Waals surface area contributed by atoms with Gasteiger partial charge in [-0.2, -0.15) is 0 Å². The Bertz CT molecular complexity index is 213. The van der Waals surface area contributed by atoms with Crippen molar-refractivity contribution in [2.24, 2.45) is 17.6 Å². The van der Waals surface area contributed by atoms with Gasteiger partial charge in [0.05, 0.1) is 0 Å². The summed E-state index contributed by atoms with van der Waals surface area (Å²) in [7, 11) is 0. The molecule has 84 valence electrons. The van der Waals surface area contributed by atoms with Crippen molar-refractivity contribution in [1.29, 1.82) is 0 Å². The van der Waals surface area contributed by atoms with Crippen LogP contribution in [0.15, 0.2) is 0 Å². The molecule has 0 radical (unpaired) electrons. The minimum absolute atomic E-state index is 0. The second-order valence-electron chi connectivity index (χ2n) is 4.05. The largest absolute Gasteiger partial charge is 0.480 e. The Morgan fingerprint density at radius 1 is 1.29 bits per heavy atom. The van der Waals surface area contributed by atoms with Crippen molar-refractivity contribution in [3.05, 3.63) is 0 Å². The average molecular weight is 243 g/mol. The molecule has 0 aromatic carbocycles. The normalized spacial score (nSPS) is 39.5. The molecule has 6 heteroatoms. The van der Waals surface area contributed by atoms with Gasteiger partial charge in [0, 0.05) is 0 Å². The van der Waals surface area contributed by atoms with Crippen molar-refractivity contribution in [2.75, 3.05) is 13.1 Å². The lowest BCUT2D eigenvalue weighted by Gasteiger charge is -2.18. The first-order valence-electron chi connectivity index (χ1n) is 4.35. The van der Waals surface area contributed by atoms with E-state index in [-0.39, 0.29) is 24.8 Å². The van der Waals surface area contributed by atoms with Gasteiger partial charge in [-0.25, -0.2) is 0 Å². The van der Waals surface area contributed by atoms with Gasteiger partial charge in [-0.1, -0.05) is 0 Å². The summed E-state index contributed by atoms with van der Waals surface area (Å²) in [6.45, 7) is 1.88. The van der Waals surface area contributed by atoms with E-state index in [0.717, 1.165) is 13.1 Å². The van der Waals surface area contributed by atoms with Crippen LogP contribution in [-0.2, 0) is 4.79 Å². The molecule has 2 aliphatic rings. The van der Waals surface area contributed by atoms with Crippen LogP contribution in [0.25, 0.3) is 0 Å². The van der Waals surface area contributed by atoms with Crippen LogP contribution in [0.2, 0.25) is 0 Å². The van der Waals surface area contributed by atoms with E-state index in [2.05, 4.69) is 5.32 Å². The number of hydrogen-bond donors (Lipinski definition) is 3. The molecule has 2 unspecified atom stereocenters. The maximum absolute atomic E-state index is 10.8. The molecule has 2 fully saturated rings. The van der Waals surface area contributed by atoms with Gasteiger partial charge >= 0.3 is 5.97 Å². The number of halogens is 2. The number of fused-ring (bicyclic) bond motifs is 1. The minimum Gasteiger partial charge on any atom is -0.480 e. The zero-order chi connectivity index (χ0) is 8.77. The first-order valence-corrected chi connectivity index (χ1v) is 4.35. The molecule has 1 aliphatic heterocycles. The van der Waals surface area contributed by atoms with Crippen LogP contribution in [0.5, 0.6) is 0 Å². The van der Waals surface area contributed by atoms with E-state index in [9.17, 15) is 4.79 Å². The summed E-state index contributed by atoms with van der Waals surface area (Å²) in [5.41, 5.74) is 4.83. The lowest BCUT2D eigenvalue weighted by Crippen LogP contribution is -2.46. The van der Waals surface area contributed by atoms with Gasteiger partial charge in [-0.15, -0.1) is 24.8 Å². The summed E-state index contributed by atoms with van der Waals surface area (Å²) in [5.74, 6) is 0.147. The monoisotopic (exact) mass is 242 g/mol. The second kappa shape index (κ2) is 4.66. The fourth-order valence-corrected chi connectivity index (χ4v) is 2.46. The SMILES string of the molecule is Cl.Cl.NC1(C(=O)O)CC2CNCC2C1. The van der Waals surface area contributed by atoms with E-state index in [1.165, 1.54) is 0 Å². The van der Waals surface area contributed by atoms with Crippen LogP contribution in [0.4, 0.5) is 0 Å². The molecule has 14 heavy (non-hydrogen) atoms. The van der Waals surface area contributed by atoms with Gasteiger partial charge in [0.1, 0.15) is 5.54 Å². The van der Waals surface area contributed by atoms with E-state index in [4.69, 9.17) is 10.8 Å². The maximum atomic E-state index is 10.8. The van der Waals surface area contributed by atoms with Gasteiger partial charge in [0.2, 0.25) is 0 Å². The fraction of sp³-hybridized carbons (Fsp3) is 0.875. The van der Waals surface area contributed by atoms with E-state index >= 15 is 0 Å². The van der Waals surface area contributed by atoms with Crippen LogP contribution in [0.3, 0.4) is 0 Å². The molecule has 2 rings (SSSR count). The van der Waals surface area contributed by atoms with Gasteiger partial charge in [0.15, 0.2) is 0 Å². The Labute approximate surface area is 95.4 Å². The molecule has 0 aromatic rings. The van der Waals surface area contributed by atoms with Gasteiger partial charge < -0.3 is 16.2 Å². The molecule has 1 aliphatic carbocycles. The molecule has 1 saturated carbocycles. The Kier molecular flexibility index (Phi) is 4.65. The minimum atomic E-state index is -0.933. The molecule has 1 heterocycles. The molecule has 1 saturated heterocycles. The number of carboxylic acids is 1. The highest BCUT2D eigenvalue weighted by atomic mass is 35.5. The number of aliphatic carboxylic acids is 1. The zero-order valence-corrected chi connectivity index (χ0v) is 9.37. The lowest BCUT2D eigenvalue weighted by molar-refractivity contribution is -0.143. The Morgan fingerprint density at radius 2 is 1.71 bits per heavy atom. The molecule has 2 atom stereocenters. The van der Waals surface area contributed by atoms with Crippen molar-refractivity contribution in [3.8, 4) is 0 Å². The van der Waals surface area contributed by atoms with Crippen molar-refractivity contribution in [3.63, 3.8) is 0 Å². The standard InChI is InChI=1S/C8H14N2O2.2ClH/c9-8(7(11)12)1-5-3-10-4-6(5)2-8;;/h5-6,10H,1-4,9H2,(H,11,12);2*1H. The van der Waals surface area contributed by atoms with Crippen molar-refractivity contribution >= 4 is 30.8 Å². The quantitative estimate of drug-likeness (QED) is 0.616. The van der Waals surface area contributed by atoms with Crippen LogP contribution in [-0.4, -0.2) is 29.7 Å². The third-order valence-electron chi connectivity index (χ3n) is 3.16. The second-order valence-corrected chi connectivity index (χ2v) is 4.05. The molecule has 0 aromatic heterocycles. The molecular weight excluding hydrogens is 227 g/mol. The van der Waals surface area contributed by atoms with Crippen LogP contribution in [0.1, 0.15) is 12.8 Å². The molecule has 0 spiro atoms. The van der Waals surface area contributed by atoms with Crippen LogP contribution in [0, 0.1) is 11.8 Å². The fourth-order valence-electron chi connectivity index (χ4n) is 2.46. The number of carboxylic acid groups (broad SMARTS) is 1. The Hall–Kier alpha value is -0.0300. The van der Waals surface area contributed by atoms with E-state index in [0.29, 0.717) is 24.7 Å². The number of hydrogen-bond acceptors (Lipinski definition) is 3. The molecule has 4 nitrogen and oxygen atoms in total. The molecule has 4 N–H and O–H groups in total. The van der Waals surface area contributed by atoms with E-state index in [1.807, 2.05) is 0 Å². The highest BCUT2D eigenvalue weighted by molar-refractivity contribution is 5.85. The first-order chi connectivity index (χ1) is 5.62. The smallest absolute Gasteiger partial charge is 0.323 e. The Balaban J connectivity index is 0.000000845. The number of nitrogens with one attached hydrogen (secondary N) is 1. The van der Waals surface area contributed by atoms with Crippen molar-refractivity contribution in [2.45, 2.75) is 18.4 Å². The molecular formula is C8H16Cl2N2O2. The topological polar surface area (TPSA) is 75.4 Å². The average Bonchev–Trinajstić information content (AvgIpc) is 2.44. The van der Waals surface area contributed by atoms with E-state index in [1.54, 1.807) is 0 Å². The lowest BCUT2D eigenvalue weighted by atomic mass is 9.97. The summed E-state index contributed by atoms with van der Waals surface area (Å²) >= 11 is 0. The van der Waals surface area contributed by atoms with E-state index < -0.39 is 11.5 Å². The number of carbonyl (C=O) groups is 1. The highest BCUT2D eigenvalue weighted by Crippen LogP contribution is 2.39. The number of rotatable bonds is 1. The maximum Gasteiger partial charge on any atom is 0.323 e. The van der Waals surface area contributed by atoms with Gasteiger partial charge in [-0.3, -0.25) is 4.79 Å². The third-order valence-corrected chi connectivity index (χ3v) is 3.16. The highest BCUT2D eigenvalue weighted by Gasteiger charge is 2.49. The summed E-state index contributed by atoms with van der Waals surface area (Å²) in [6, 6.07) is 0. The predicted molar refractivity (Wildman–Crippen MR) is 58.1 cm³/mol. The van der Waals surface area contributed by atoms with Crippen LogP contribution < -0.4 is 11.1 Å². The van der Waals surface area contributed by atoms with Gasteiger partial charge in [0.25, 0.3) is 0 Å². The summed E-state index contributed by atoms with van der Waals surface area (Å²) in [4.78, 5) is 10.8. The predicted octanol–water partition coefficient (Wildman–Crippen LogP) is 0.241. The molecule has 0 amide bonds. The zero-order valence-electron chi connectivity index (χ0n) is 7.73. The van der Waals surface area contributed by atoms with Gasteiger partial charge in [-0.05, 0) is 37.8 Å². The number of nitrogens with two attached hydrogens (primary N) is 1. The first kappa shape index (κ1) is 14.0. The summed E-state index contributed by atoms with van der Waals surface area (Å²) < 4.78 is 0. The third kappa shape index (κ3) is 2.14. The summed E-state index contributed by atoms with van der Waals surface area (Å²) in [5, 5.41) is 12.1. The molecule has 0 bridgehead atoms. The van der Waals surface area contributed by atoms with Crippen LogP contribution >= 0.6 is 24.8 Å². The summed E-state index contributed by atoms with van der Waals surface area (Å²) in [6.07, 6.45) is 1.28.